The Morgan fingerprint density at radius 2 is 1.96 bits per heavy atom. The molecule has 1 aliphatic heterocycles. The molecule has 0 bridgehead atoms. The first kappa shape index (κ1) is 17.2. The minimum absolute atomic E-state index is 0.175. The number of fused-ring (bicyclic) bond motifs is 1. The Hall–Kier alpha value is -1.59. The van der Waals surface area contributed by atoms with Gasteiger partial charge >= 0.3 is 0 Å². The first-order valence-electron chi connectivity index (χ1n) is 8.33. The van der Waals surface area contributed by atoms with Crippen LogP contribution in [0.4, 0.5) is 0 Å². The SMILES string of the molecule is CCCSc1nc(-c2ccc(OC)cc2)nc2c1COC(C)(C)C2. The minimum atomic E-state index is -0.175. The molecule has 4 nitrogen and oxygen atoms in total. The Morgan fingerprint density at radius 1 is 1.21 bits per heavy atom. The zero-order chi connectivity index (χ0) is 17.2. The molecule has 0 aliphatic carbocycles. The standard InChI is InChI=1S/C19H24N2O2S/c1-5-10-24-18-15-12-23-19(2,3)11-16(15)20-17(21-18)13-6-8-14(22-4)9-7-13/h6-9H,5,10-12H2,1-4H3. The Balaban J connectivity index is 2.02. The summed E-state index contributed by atoms with van der Waals surface area (Å²) in [4.78, 5) is 9.69. The fourth-order valence-electron chi connectivity index (χ4n) is 2.71. The van der Waals surface area contributed by atoms with Gasteiger partial charge in [0.25, 0.3) is 0 Å². The van der Waals surface area contributed by atoms with Crippen molar-refractivity contribution < 1.29 is 9.47 Å². The fourth-order valence-corrected chi connectivity index (χ4v) is 3.61. The van der Waals surface area contributed by atoms with Gasteiger partial charge in [-0.3, -0.25) is 0 Å². The Kier molecular flexibility index (Phi) is 5.11. The van der Waals surface area contributed by atoms with Crippen molar-refractivity contribution in [3.8, 4) is 17.1 Å². The van der Waals surface area contributed by atoms with E-state index < -0.39 is 0 Å². The molecule has 0 unspecified atom stereocenters. The molecule has 0 saturated heterocycles. The van der Waals surface area contributed by atoms with Gasteiger partial charge in [0.1, 0.15) is 10.8 Å². The molecule has 0 N–H and O–H groups in total. The number of methoxy groups -OCH3 is 1. The van der Waals surface area contributed by atoms with Gasteiger partial charge in [0.15, 0.2) is 5.82 Å². The summed E-state index contributed by atoms with van der Waals surface area (Å²) in [6.07, 6.45) is 1.93. The van der Waals surface area contributed by atoms with Crippen molar-refractivity contribution in [3.63, 3.8) is 0 Å². The van der Waals surface area contributed by atoms with Crippen molar-refractivity contribution in [1.82, 2.24) is 9.97 Å². The molecule has 0 spiro atoms. The molecule has 0 amide bonds. The van der Waals surface area contributed by atoms with Crippen LogP contribution in [0.1, 0.15) is 38.4 Å². The van der Waals surface area contributed by atoms with Crippen LogP contribution in [0.15, 0.2) is 29.3 Å². The molecule has 1 aromatic heterocycles. The summed E-state index contributed by atoms with van der Waals surface area (Å²) in [5, 5.41) is 1.06. The van der Waals surface area contributed by atoms with E-state index >= 15 is 0 Å². The summed E-state index contributed by atoms with van der Waals surface area (Å²) < 4.78 is 11.2. The number of ether oxygens (including phenoxy) is 2. The van der Waals surface area contributed by atoms with E-state index in [9.17, 15) is 0 Å². The second-order valence-electron chi connectivity index (χ2n) is 6.58. The van der Waals surface area contributed by atoms with E-state index in [0.717, 1.165) is 52.0 Å². The molecule has 24 heavy (non-hydrogen) atoms. The molecule has 2 aromatic rings. The highest BCUT2D eigenvalue weighted by molar-refractivity contribution is 7.99. The van der Waals surface area contributed by atoms with Gasteiger partial charge in [0.05, 0.1) is 25.0 Å². The highest BCUT2D eigenvalue weighted by Gasteiger charge is 2.30. The maximum absolute atomic E-state index is 5.98. The summed E-state index contributed by atoms with van der Waals surface area (Å²) in [5.74, 6) is 2.68. The predicted molar refractivity (Wildman–Crippen MR) is 97.6 cm³/mol. The van der Waals surface area contributed by atoms with Crippen molar-refractivity contribution in [2.24, 2.45) is 0 Å². The topological polar surface area (TPSA) is 44.2 Å². The fraction of sp³-hybridized carbons (Fsp3) is 0.474. The van der Waals surface area contributed by atoms with Crippen LogP contribution >= 0.6 is 11.8 Å². The van der Waals surface area contributed by atoms with Crippen molar-refractivity contribution >= 4 is 11.8 Å². The van der Waals surface area contributed by atoms with Crippen molar-refractivity contribution in [1.29, 1.82) is 0 Å². The van der Waals surface area contributed by atoms with Gasteiger partial charge in [-0.05, 0) is 50.3 Å². The largest absolute Gasteiger partial charge is 0.497 e. The lowest BCUT2D eigenvalue weighted by Gasteiger charge is -2.32. The molecular weight excluding hydrogens is 320 g/mol. The normalized spacial score (nSPS) is 15.8. The van der Waals surface area contributed by atoms with Crippen LogP contribution in [-0.2, 0) is 17.8 Å². The van der Waals surface area contributed by atoms with Gasteiger partial charge in [0, 0.05) is 17.5 Å². The summed E-state index contributed by atoms with van der Waals surface area (Å²) in [5.41, 5.74) is 3.11. The zero-order valence-corrected chi connectivity index (χ0v) is 15.6. The van der Waals surface area contributed by atoms with Crippen LogP contribution in [0.5, 0.6) is 5.75 Å². The molecule has 128 valence electrons. The monoisotopic (exact) mass is 344 g/mol. The van der Waals surface area contributed by atoms with Gasteiger partial charge in [-0.15, -0.1) is 11.8 Å². The highest BCUT2D eigenvalue weighted by Crippen LogP contribution is 2.34. The number of hydrogen-bond acceptors (Lipinski definition) is 5. The van der Waals surface area contributed by atoms with Crippen molar-refractivity contribution in [3.05, 3.63) is 35.5 Å². The molecule has 0 saturated carbocycles. The number of hydrogen-bond donors (Lipinski definition) is 0. The van der Waals surface area contributed by atoms with Gasteiger partial charge in [0.2, 0.25) is 0 Å². The average molecular weight is 344 g/mol. The first-order chi connectivity index (χ1) is 11.5. The third kappa shape index (κ3) is 3.73. The molecule has 5 heteroatoms. The number of thioether (sulfide) groups is 1. The maximum atomic E-state index is 5.98. The lowest BCUT2D eigenvalue weighted by Crippen LogP contribution is -2.33. The molecule has 0 fully saturated rings. The Morgan fingerprint density at radius 3 is 2.62 bits per heavy atom. The molecule has 2 heterocycles. The highest BCUT2D eigenvalue weighted by atomic mass is 32.2. The third-order valence-corrected chi connectivity index (χ3v) is 5.27. The van der Waals surface area contributed by atoms with Crippen LogP contribution in [-0.4, -0.2) is 28.4 Å². The number of nitrogens with zero attached hydrogens (tertiary/aromatic N) is 2. The van der Waals surface area contributed by atoms with E-state index in [1.165, 1.54) is 0 Å². The predicted octanol–water partition coefficient (Wildman–Crippen LogP) is 4.51. The average Bonchev–Trinajstić information content (AvgIpc) is 2.58. The summed E-state index contributed by atoms with van der Waals surface area (Å²) >= 11 is 1.80. The molecule has 3 rings (SSSR count). The van der Waals surface area contributed by atoms with Gasteiger partial charge < -0.3 is 9.47 Å². The summed E-state index contributed by atoms with van der Waals surface area (Å²) in [7, 11) is 1.67. The molecular formula is C19H24N2O2S. The molecule has 1 aliphatic rings. The second kappa shape index (κ2) is 7.11. The number of benzene rings is 1. The first-order valence-corrected chi connectivity index (χ1v) is 9.32. The summed E-state index contributed by atoms with van der Waals surface area (Å²) in [6, 6.07) is 7.92. The lowest BCUT2D eigenvalue weighted by molar-refractivity contribution is -0.0428. The smallest absolute Gasteiger partial charge is 0.160 e. The summed E-state index contributed by atoms with van der Waals surface area (Å²) in [6.45, 7) is 7.01. The van der Waals surface area contributed by atoms with E-state index in [1.54, 1.807) is 18.9 Å². The third-order valence-electron chi connectivity index (χ3n) is 4.05. The van der Waals surface area contributed by atoms with Gasteiger partial charge in [-0.2, -0.15) is 0 Å². The lowest BCUT2D eigenvalue weighted by atomic mass is 9.96. The Bertz CT molecular complexity index is 714. The van der Waals surface area contributed by atoms with Crippen LogP contribution in [0, 0.1) is 0 Å². The molecule has 1 aromatic carbocycles. The van der Waals surface area contributed by atoms with Crippen LogP contribution in [0.25, 0.3) is 11.4 Å². The van der Waals surface area contributed by atoms with E-state index in [-0.39, 0.29) is 5.60 Å². The Labute approximate surface area is 148 Å². The van der Waals surface area contributed by atoms with Crippen LogP contribution < -0.4 is 4.74 Å². The number of aromatic nitrogens is 2. The van der Waals surface area contributed by atoms with E-state index in [0.29, 0.717) is 6.61 Å². The maximum Gasteiger partial charge on any atom is 0.160 e. The van der Waals surface area contributed by atoms with Crippen LogP contribution in [0.2, 0.25) is 0 Å². The van der Waals surface area contributed by atoms with Gasteiger partial charge in [-0.1, -0.05) is 6.92 Å². The van der Waals surface area contributed by atoms with Gasteiger partial charge in [-0.25, -0.2) is 9.97 Å². The molecule has 0 radical (unpaired) electrons. The minimum Gasteiger partial charge on any atom is -0.497 e. The quantitative estimate of drug-likeness (QED) is 0.590. The van der Waals surface area contributed by atoms with E-state index in [2.05, 4.69) is 20.8 Å². The zero-order valence-electron chi connectivity index (χ0n) is 14.8. The second-order valence-corrected chi connectivity index (χ2v) is 7.66. The van der Waals surface area contributed by atoms with E-state index in [1.807, 2.05) is 24.3 Å². The van der Waals surface area contributed by atoms with E-state index in [4.69, 9.17) is 19.4 Å². The molecule has 0 atom stereocenters. The number of rotatable bonds is 5. The van der Waals surface area contributed by atoms with Crippen molar-refractivity contribution in [2.45, 2.75) is 50.8 Å². The van der Waals surface area contributed by atoms with Crippen molar-refractivity contribution in [2.75, 3.05) is 12.9 Å². The van der Waals surface area contributed by atoms with Crippen LogP contribution in [0.3, 0.4) is 0 Å².